The van der Waals surface area contributed by atoms with Crippen LogP contribution in [0.3, 0.4) is 0 Å². The second kappa shape index (κ2) is 9.33. The molecule has 0 saturated carbocycles. The van der Waals surface area contributed by atoms with Gasteiger partial charge in [0.15, 0.2) is 0 Å². The number of carbonyl (C=O) groups excluding carboxylic acids is 1. The van der Waals surface area contributed by atoms with Gasteiger partial charge in [-0.2, -0.15) is 4.31 Å². The Morgan fingerprint density at radius 1 is 1.21 bits per heavy atom. The smallest absolute Gasteiger partial charge is 0.243 e. The molecule has 3 rings (SSSR count). The molecule has 156 valence electrons. The van der Waals surface area contributed by atoms with Crippen LogP contribution in [-0.4, -0.2) is 57.4 Å². The van der Waals surface area contributed by atoms with Gasteiger partial charge in [0.2, 0.25) is 15.9 Å². The number of benzene rings is 1. The van der Waals surface area contributed by atoms with Crippen molar-refractivity contribution >= 4 is 15.9 Å². The van der Waals surface area contributed by atoms with Crippen molar-refractivity contribution in [3.8, 4) is 0 Å². The van der Waals surface area contributed by atoms with Gasteiger partial charge in [0.25, 0.3) is 0 Å². The molecule has 1 amide bonds. The molecule has 2 aliphatic heterocycles. The van der Waals surface area contributed by atoms with E-state index < -0.39 is 15.8 Å². The van der Waals surface area contributed by atoms with Crippen LogP contribution in [0.4, 0.5) is 4.39 Å². The van der Waals surface area contributed by atoms with Gasteiger partial charge in [-0.05, 0) is 43.5 Å². The summed E-state index contributed by atoms with van der Waals surface area (Å²) in [6, 6.07) is 5.04. The van der Waals surface area contributed by atoms with Crippen LogP contribution in [0.2, 0.25) is 0 Å². The lowest BCUT2D eigenvalue weighted by Gasteiger charge is -2.34. The number of carbonyl (C=O) groups is 1. The normalized spacial score (nSPS) is 26.7. The highest BCUT2D eigenvalue weighted by Crippen LogP contribution is 2.24. The van der Waals surface area contributed by atoms with Gasteiger partial charge in [-0.25, -0.2) is 12.8 Å². The van der Waals surface area contributed by atoms with Crippen molar-refractivity contribution in [2.75, 3.05) is 32.7 Å². The summed E-state index contributed by atoms with van der Waals surface area (Å²) in [5.41, 5.74) is 0. The van der Waals surface area contributed by atoms with Gasteiger partial charge < -0.3 is 10.2 Å². The number of quaternary nitrogens is 1. The number of nitrogens with zero attached hydrogens (tertiary/aromatic N) is 1. The minimum Gasteiger partial charge on any atom is -0.353 e. The number of likely N-dealkylation sites (tertiary alicyclic amines) is 1. The zero-order valence-corrected chi connectivity index (χ0v) is 17.3. The lowest BCUT2D eigenvalue weighted by molar-refractivity contribution is -0.905. The van der Waals surface area contributed by atoms with Gasteiger partial charge >= 0.3 is 0 Å². The van der Waals surface area contributed by atoms with Crippen molar-refractivity contribution in [1.82, 2.24) is 9.62 Å². The number of amides is 1. The second-order valence-corrected chi connectivity index (χ2v) is 9.88. The Morgan fingerprint density at radius 3 is 2.54 bits per heavy atom. The highest BCUT2D eigenvalue weighted by atomic mass is 32.2. The second-order valence-electron chi connectivity index (χ2n) is 7.94. The fourth-order valence-corrected chi connectivity index (χ4v) is 5.75. The summed E-state index contributed by atoms with van der Waals surface area (Å²) in [6.07, 6.45) is 4.47. The molecule has 2 aliphatic rings. The highest BCUT2D eigenvalue weighted by Gasteiger charge is 2.34. The molecule has 0 aliphatic carbocycles. The summed E-state index contributed by atoms with van der Waals surface area (Å²) in [7, 11) is -3.71. The van der Waals surface area contributed by atoms with E-state index in [0.29, 0.717) is 19.4 Å². The molecule has 0 spiro atoms. The summed E-state index contributed by atoms with van der Waals surface area (Å²) in [6.45, 7) is 6.10. The van der Waals surface area contributed by atoms with E-state index in [0.717, 1.165) is 38.1 Å². The predicted octanol–water partition coefficient (Wildman–Crippen LogP) is 0.800. The molecule has 6 nitrogen and oxygen atoms in total. The van der Waals surface area contributed by atoms with Crippen LogP contribution in [-0.2, 0) is 14.8 Å². The van der Waals surface area contributed by atoms with E-state index in [4.69, 9.17) is 0 Å². The van der Waals surface area contributed by atoms with Crippen molar-refractivity contribution in [1.29, 1.82) is 0 Å². The molecule has 0 radical (unpaired) electrons. The molecule has 0 bridgehead atoms. The Balaban J connectivity index is 1.57. The van der Waals surface area contributed by atoms with Gasteiger partial charge in [-0.15, -0.1) is 0 Å². The number of nitrogens with one attached hydrogen (secondary N) is 2. The fourth-order valence-electron chi connectivity index (χ4n) is 4.22. The third-order valence-electron chi connectivity index (χ3n) is 5.85. The molecule has 1 atom stereocenters. The molecule has 1 aromatic carbocycles. The average Bonchev–Trinajstić information content (AvgIpc) is 2.70. The number of rotatable bonds is 6. The van der Waals surface area contributed by atoms with Crippen molar-refractivity contribution in [3.05, 3.63) is 30.1 Å². The summed E-state index contributed by atoms with van der Waals surface area (Å²) in [5, 5.41) is 3.15. The van der Waals surface area contributed by atoms with E-state index in [1.54, 1.807) is 4.90 Å². The van der Waals surface area contributed by atoms with E-state index in [9.17, 15) is 17.6 Å². The van der Waals surface area contributed by atoms with Gasteiger partial charge in [0, 0.05) is 32.0 Å². The zero-order chi connectivity index (χ0) is 20.1. The van der Waals surface area contributed by atoms with Crippen LogP contribution in [0.1, 0.15) is 39.0 Å². The molecular formula is C20H31FN3O3S+. The average molecular weight is 413 g/mol. The molecule has 0 aromatic heterocycles. The minimum absolute atomic E-state index is 0.0389. The zero-order valence-electron chi connectivity index (χ0n) is 16.5. The molecule has 8 heteroatoms. The maximum atomic E-state index is 13.1. The maximum Gasteiger partial charge on any atom is 0.243 e. The van der Waals surface area contributed by atoms with Crippen molar-refractivity contribution in [2.45, 2.75) is 50.0 Å². The first-order valence-corrected chi connectivity index (χ1v) is 11.7. The first-order valence-electron chi connectivity index (χ1n) is 10.3. The van der Waals surface area contributed by atoms with Gasteiger partial charge in [-0.3, -0.25) is 4.79 Å². The maximum absolute atomic E-state index is 13.1. The number of hydrogen-bond acceptors (Lipinski definition) is 3. The molecule has 1 aromatic rings. The fraction of sp³-hybridized carbons (Fsp3) is 0.650. The molecule has 2 saturated heterocycles. The monoisotopic (exact) mass is 412 g/mol. The molecule has 2 N–H and O–H groups in total. The summed E-state index contributed by atoms with van der Waals surface area (Å²) in [4.78, 5) is 14.4. The number of halogens is 1. The highest BCUT2D eigenvalue weighted by molar-refractivity contribution is 7.89. The van der Waals surface area contributed by atoms with Crippen molar-refractivity contribution < 1.29 is 22.5 Å². The first kappa shape index (κ1) is 21.2. The van der Waals surface area contributed by atoms with E-state index in [2.05, 4.69) is 12.2 Å². The number of sulfonamides is 1. The SMILES string of the molecule is CCC[NH+]1CCC(NC(=O)[C@H]2CCCN(S(=O)(=O)c3ccc(F)cc3)C2)CC1. The molecule has 2 heterocycles. The Labute approximate surface area is 167 Å². The van der Waals surface area contributed by atoms with E-state index >= 15 is 0 Å². The van der Waals surface area contributed by atoms with E-state index in [-0.39, 0.29) is 29.3 Å². The topological polar surface area (TPSA) is 70.9 Å². The number of piperidine rings is 2. The van der Waals surface area contributed by atoms with Gasteiger partial charge in [0.1, 0.15) is 5.82 Å². The quantitative estimate of drug-likeness (QED) is 0.726. The van der Waals surface area contributed by atoms with Crippen LogP contribution < -0.4 is 10.2 Å². The largest absolute Gasteiger partial charge is 0.353 e. The third-order valence-corrected chi connectivity index (χ3v) is 7.73. The predicted molar refractivity (Wildman–Crippen MR) is 105 cm³/mol. The standard InChI is InChI=1S/C20H30FN3O3S/c1-2-11-23-13-9-18(10-14-23)22-20(25)16-4-3-12-24(15-16)28(26,27)19-7-5-17(21)6-8-19/h5-8,16,18H,2-4,9-15H2,1H3,(H,22,25)/p+1/t16-/m0/s1. The lowest BCUT2D eigenvalue weighted by Crippen LogP contribution is -3.13. The third kappa shape index (κ3) is 5.10. The Morgan fingerprint density at radius 2 is 1.89 bits per heavy atom. The summed E-state index contributed by atoms with van der Waals surface area (Å²) < 4.78 is 40.1. The van der Waals surface area contributed by atoms with E-state index in [1.165, 1.54) is 29.4 Å². The van der Waals surface area contributed by atoms with Gasteiger partial charge in [0.05, 0.1) is 30.4 Å². The van der Waals surface area contributed by atoms with Crippen molar-refractivity contribution in [2.24, 2.45) is 5.92 Å². The van der Waals surface area contributed by atoms with Crippen LogP contribution in [0.15, 0.2) is 29.2 Å². The minimum atomic E-state index is -3.71. The molecule has 2 fully saturated rings. The van der Waals surface area contributed by atoms with Crippen LogP contribution in [0.25, 0.3) is 0 Å². The Hall–Kier alpha value is -1.51. The van der Waals surface area contributed by atoms with Crippen LogP contribution >= 0.6 is 0 Å². The Bertz CT molecular complexity index is 761. The van der Waals surface area contributed by atoms with E-state index in [1.807, 2.05) is 0 Å². The first-order chi connectivity index (χ1) is 13.4. The molecular weight excluding hydrogens is 381 g/mol. The molecule has 28 heavy (non-hydrogen) atoms. The Kier molecular flexibility index (Phi) is 7.06. The van der Waals surface area contributed by atoms with Crippen LogP contribution in [0.5, 0.6) is 0 Å². The lowest BCUT2D eigenvalue weighted by atomic mass is 9.97. The van der Waals surface area contributed by atoms with Crippen LogP contribution in [0, 0.1) is 11.7 Å². The van der Waals surface area contributed by atoms with Gasteiger partial charge in [-0.1, -0.05) is 6.92 Å². The molecule has 0 unspecified atom stereocenters. The summed E-state index contributed by atoms with van der Waals surface area (Å²) in [5.74, 6) is -0.838. The number of hydrogen-bond donors (Lipinski definition) is 2. The summed E-state index contributed by atoms with van der Waals surface area (Å²) >= 11 is 0. The van der Waals surface area contributed by atoms with Crippen molar-refractivity contribution in [3.63, 3.8) is 0 Å².